The van der Waals surface area contributed by atoms with E-state index >= 15 is 0 Å². The van der Waals surface area contributed by atoms with Gasteiger partial charge < -0.3 is 19.9 Å². The van der Waals surface area contributed by atoms with E-state index in [1.165, 1.54) is 18.2 Å². The molecule has 0 aromatic heterocycles. The van der Waals surface area contributed by atoms with Crippen molar-refractivity contribution in [1.82, 2.24) is 4.90 Å². The number of nitrogens with zero attached hydrogens (tertiary/aromatic N) is 2. The van der Waals surface area contributed by atoms with Gasteiger partial charge in [-0.25, -0.2) is 4.39 Å². The standard InChI is InChI=1S/C21H24FN3O3/c1-14-21(27)25(12-6-11-24(2)3)18-13-15(9-10-19(18)28-14)23-20(26)16-7-4-5-8-17(16)22/h4-5,7-10,13-14H,6,11-12H2,1-3H3,(H,23,26). The SMILES string of the molecule is CC1Oc2ccc(NC(=O)c3ccccc3F)cc2N(CCCN(C)C)C1=O. The topological polar surface area (TPSA) is 61.9 Å². The summed E-state index contributed by atoms with van der Waals surface area (Å²) >= 11 is 0. The van der Waals surface area contributed by atoms with Gasteiger partial charge in [-0.3, -0.25) is 9.59 Å². The van der Waals surface area contributed by atoms with Crippen LogP contribution >= 0.6 is 0 Å². The first-order chi connectivity index (χ1) is 13.4. The first-order valence-corrected chi connectivity index (χ1v) is 9.19. The third-order valence-electron chi connectivity index (χ3n) is 4.53. The van der Waals surface area contributed by atoms with Crippen LogP contribution in [0.5, 0.6) is 5.75 Å². The highest BCUT2D eigenvalue weighted by molar-refractivity contribution is 6.05. The zero-order chi connectivity index (χ0) is 20.3. The predicted molar refractivity (Wildman–Crippen MR) is 106 cm³/mol. The molecule has 3 rings (SSSR count). The molecule has 1 aliphatic rings. The normalized spacial score (nSPS) is 16.0. The van der Waals surface area contributed by atoms with E-state index in [0.717, 1.165) is 13.0 Å². The van der Waals surface area contributed by atoms with Crippen molar-refractivity contribution in [3.8, 4) is 5.75 Å². The predicted octanol–water partition coefficient (Wildman–Crippen LogP) is 3.14. The Morgan fingerprint density at radius 3 is 2.71 bits per heavy atom. The van der Waals surface area contributed by atoms with Crippen LogP contribution in [0.2, 0.25) is 0 Å². The second-order valence-electron chi connectivity index (χ2n) is 7.02. The lowest BCUT2D eigenvalue weighted by molar-refractivity contribution is -0.125. The lowest BCUT2D eigenvalue weighted by Gasteiger charge is -2.33. The number of amides is 2. The van der Waals surface area contributed by atoms with Gasteiger partial charge in [0, 0.05) is 12.2 Å². The van der Waals surface area contributed by atoms with Crippen LogP contribution in [0.3, 0.4) is 0 Å². The molecular weight excluding hydrogens is 361 g/mol. The molecule has 2 amide bonds. The van der Waals surface area contributed by atoms with E-state index in [-0.39, 0.29) is 11.5 Å². The van der Waals surface area contributed by atoms with Crippen LogP contribution in [0, 0.1) is 5.82 Å². The molecule has 0 bridgehead atoms. The van der Waals surface area contributed by atoms with Crippen molar-refractivity contribution in [2.24, 2.45) is 0 Å². The Hall–Kier alpha value is -2.93. The molecule has 1 atom stereocenters. The van der Waals surface area contributed by atoms with Gasteiger partial charge in [0.1, 0.15) is 11.6 Å². The number of benzene rings is 2. The quantitative estimate of drug-likeness (QED) is 0.830. The fourth-order valence-corrected chi connectivity index (χ4v) is 3.10. The maximum absolute atomic E-state index is 13.8. The molecule has 1 unspecified atom stereocenters. The van der Waals surface area contributed by atoms with Gasteiger partial charge in [0.2, 0.25) is 0 Å². The molecule has 0 saturated carbocycles. The van der Waals surface area contributed by atoms with Crippen molar-refractivity contribution in [1.29, 1.82) is 0 Å². The summed E-state index contributed by atoms with van der Waals surface area (Å²) in [5.74, 6) is -0.672. The Balaban J connectivity index is 1.83. The van der Waals surface area contributed by atoms with E-state index in [1.807, 2.05) is 14.1 Å². The lowest BCUT2D eigenvalue weighted by atomic mass is 10.1. The molecule has 2 aromatic carbocycles. The minimum atomic E-state index is -0.587. The third kappa shape index (κ3) is 4.31. The number of hydrogen-bond acceptors (Lipinski definition) is 4. The highest BCUT2D eigenvalue weighted by atomic mass is 19.1. The number of halogens is 1. The molecule has 7 heteroatoms. The van der Waals surface area contributed by atoms with Gasteiger partial charge in [0.05, 0.1) is 11.3 Å². The number of ether oxygens (including phenoxy) is 1. The molecule has 28 heavy (non-hydrogen) atoms. The third-order valence-corrected chi connectivity index (χ3v) is 4.53. The van der Waals surface area contributed by atoms with Crippen LogP contribution in [0.4, 0.5) is 15.8 Å². The summed E-state index contributed by atoms with van der Waals surface area (Å²) in [6, 6.07) is 10.9. The largest absolute Gasteiger partial charge is 0.479 e. The van der Waals surface area contributed by atoms with Crippen molar-refractivity contribution >= 4 is 23.2 Å². The van der Waals surface area contributed by atoms with E-state index in [1.54, 1.807) is 36.1 Å². The Labute approximate surface area is 163 Å². The van der Waals surface area contributed by atoms with E-state index in [4.69, 9.17) is 4.74 Å². The molecule has 1 aliphatic heterocycles. The van der Waals surface area contributed by atoms with Crippen LogP contribution in [0.15, 0.2) is 42.5 Å². The van der Waals surface area contributed by atoms with Crippen molar-refractivity contribution < 1.29 is 18.7 Å². The van der Waals surface area contributed by atoms with Gasteiger partial charge in [-0.2, -0.15) is 0 Å². The highest BCUT2D eigenvalue weighted by Gasteiger charge is 2.31. The maximum atomic E-state index is 13.8. The Morgan fingerprint density at radius 1 is 1.25 bits per heavy atom. The molecule has 0 aliphatic carbocycles. The Kier molecular flexibility index (Phi) is 5.94. The van der Waals surface area contributed by atoms with Crippen molar-refractivity contribution in [2.45, 2.75) is 19.4 Å². The summed E-state index contributed by atoms with van der Waals surface area (Å²) in [6.45, 7) is 3.11. The van der Waals surface area contributed by atoms with Gasteiger partial charge in [-0.1, -0.05) is 12.1 Å². The maximum Gasteiger partial charge on any atom is 0.267 e. The summed E-state index contributed by atoms with van der Waals surface area (Å²) in [7, 11) is 3.96. The number of carbonyl (C=O) groups excluding carboxylic acids is 2. The smallest absolute Gasteiger partial charge is 0.267 e. The van der Waals surface area contributed by atoms with Crippen LogP contribution < -0.4 is 15.0 Å². The molecule has 0 spiro atoms. The minimum Gasteiger partial charge on any atom is -0.479 e. The fourth-order valence-electron chi connectivity index (χ4n) is 3.10. The van der Waals surface area contributed by atoms with Gasteiger partial charge in [-0.05, 0) is 64.3 Å². The van der Waals surface area contributed by atoms with Gasteiger partial charge in [-0.15, -0.1) is 0 Å². The molecule has 0 saturated heterocycles. The summed E-state index contributed by atoms with van der Waals surface area (Å²) in [4.78, 5) is 28.7. The molecule has 0 radical (unpaired) electrons. The van der Waals surface area contributed by atoms with Crippen molar-refractivity contribution in [2.75, 3.05) is 37.4 Å². The molecule has 6 nitrogen and oxygen atoms in total. The Morgan fingerprint density at radius 2 is 2.00 bits per heavy atom. The number of nitrogens with one attached hydrogen (secondary N) is 1. The lowest BCUT2D eigenvalue weighted by Crippen LogP contribution is -2.45. The van der Waals surface area contributed by atoms with Crippen LogP contribution in [-0.2, 0) is 4.79 Å². The summed E-state index contributed by atoms with van der Waals surface area (Å²) in [5, 5.41) is 2.69. The van der Waals surface area contributed by atoms with Crippen molar-refractivity contribution in [3.63, 3.8) is 0 Å². The molecule has 1 heterocycles. The average molecular weight is 385 g/mol. The molecule has 2 aromatic rings. The molecular formula is C21H24FN3O3. The fraction of sp³-hybridized carbons (Fsp3) is 0.333. The molecule has 1 N–H and O–H groups in total. The van der Waals surface area contributed by atoms with E-state index in [9.17, 15) is 14.0 Å². The minimum absolute atomic E-state index is 0.0380. The summed E-state index contributed by atoms with van der Waals surface area (Å²) < 4.78 is 19.5. The number of hydrogen-bond donors (Lipinski definition) is 1. The molecule has 148 valence electrons. The first kappa shape index (κ1) is 19.8. The van der Waals surface area contributed by atoms with Crippen LogP contribution in [-0.4, -0.2) is 50.0 Å². The number of rotatable bonds is 6. The van der Waals surface area contributed by atoms with Gasteiger partial charge in [0.15, 0.2) is 6.10 Å². The monoisotopic (exact) mass is 385 g/mol. The zero-order valence-electron chi connectivity index (χ0n) is 16.2. The van der Waals surface area contributed by atoms with Crippen LogP contribution in [0.25, 0.3) is 0 Å². The zero-order valence-corrected chi connectivity index (χ0v) is 16.2. The summed E-state index contributed by atoms with van der Waals surface area (Å²) in [5.41, 5.74) is 1.03. The second-order valence-corrected chi connectivity index (χ2v) is 7.02. The van der Waals surface area contributed by atoms with Gasteiger partial charge >= 0.3 is 0 Å². The number of anilines is 2. The highest BCUT2D eigenvalue weighted by Crippen LogP contribution is 2.36. The van der Waals surface area contributed by atoms with Crippen LogP contribution in [0.1, 0.15) is 23.7 Å². The number of carbonyl (C=O) groups is 2. The summed E-state index contributed by atoms with van der Waals surface area (Å²) in [6.07, 6.45) is 0.238. The van der Waals surface area contributed by atoms with E-state index in [2.05, 4.69) is 10.2 Å². The Bertz CT molecular complexity index is 885. The van der Waals surface area contributed by atoms with E-state index in [0.29, 0.717) is 23.7 Å². The average Bonchev–Trinajstić information content (AvgIpc) is 2.65. The van der Waals surface area contributed by atoms with E-state index < -0.39 is 17.8 Å². The molecule has 0 fully saturated rings. The first-order valence-electron chi connectivity index (χ1n) is 9.19. The second kappa shape index (κ2) is 8.39. The van der Waals surface area contributed by atoms with Crippen molar-refractivity contribution in [3.05, 3.63) is 53.8 Å². The van der Waals surface area contributed by atoms with Gasteiger partial charge in [0.25, 0.3) is 11.8 Å². The number of fused-ring (bicyclic) bond motifs is 1.